The summed E-state index contributed by atoms with van der Waals surface area (Å²) >= 11 is 0. The van der Waals surface area contributed by atoms with E-state index < -0.39 is 4.92 Å². The van der Waals surface area contributed by atoms with Gasteiger partial charge in [0.15, 0.2) is 0 Å². The van der Waals surface area contributed by atoms with E-state index in [0.717, 1.165) is 11.1 Å². The maximum atomic E-state index is 12.2. The molecule has 0 fully saturated rings. The summed E-state index contributed by atoms with van der Waals surface area (Å²) < 4.78 is 1.61. The van der Waals surface area contributed by atoms with E-state index in [-0.39, 0.29) is 11.1 Å². The van der Waals surface area contributed by atoms with Crippen molar-refractivity contribution < 1.29 is 4.92 Å². The third-order valence-corrected chi connectivity index (χ3v) is 3.54. The maximum absolute atomic E-state index is 12.2. The van der Waals surface area contributed by atoms with Crippen LogP contribution in [-0.4, -0.2) is 14.7 Å². The molecule has 23 heavy (non-hydrogen) atoms. The van der Waals surface area contributed by atoms with Crippen LogP contribution in [0.15, 0.2) is 53.3 Å². The zero-order valence-electron chi connectivity index (χ0n) is 12.4. The lowest BCUT2D eigenvalue weighted by atomic mass is 10.3. The highest BCUT2D eigenvalue weighted by molar-refractivity contribution is 5.80. The molecule has 0 aliphatic rings. The van der Waals surface area contributed by atoms with Crippen LogP contribution in [0.5, 0.6) is 0 Å². The predicted molar refractivity (Wildman–Crippen MR) is 87.5 cm³/mol. The third kappa shape index (κ3) is 2.89. The molecule has 3 aromatic rings. The van der Waals surface area contributed by atoms with Crippen LogP contribution in [-0.2, 0) is 6.67 Å². The fraction of sp³-hybridized carbons (Fsp3) is 0.125. The van der Waals surface area contributed by atoms with Crippen LogP contribution in [0, 0.1) is 17.0 Å². The second-order valence-electron chi connectivity index (χ2n) is 5.07. The summed E-state index contributed by atoms with van der Waals surface area (Å²) in [6, 6.07) is 13.0. The Labute approximate surface area is 131 Å². The van der Waals surface area contributed by atoms with Crippen molar-refractivity contribution in [2.75, 3.05) is 5.32 Å². The number of non-ortho nitro benzene ring substituents is 1. The molecule has 1 aromatic heterocycles. The molecule has 0 saturated heterocycles. The fourth-order valence-electron chi connectivity index (χ4n) is 2.41. The Morgan fingerprint density at radius 3 is 2.57 bits per heavy atom. The molecule has 0 unspecified atom stereocenters. The zero-order chi connectivity index (χ0) is 16.4. The van der Waals surface area contributed by atoms with Crippen LogP contribution in [0.4, 0.5) is 11.4 Å². The number of rotatable bonds is 4. The molecule has 116 valence electrons. The number of nitrogens with one attached hydrogen (secondary N) is 1. The summed E-state index contributed by atoms with van der Waals surface area (Å²) in [7, 11) is 0. The first-order valence-corrected chi connectivity index (χ1v) is 7.01. The first-order valence-electron chi connectivity index (χ1n) is 7.01. The molecule has 0 saturated carbocycles. The Kier molecular flexibility index (Phi) is 3.76. The van der Waals surface area contributed by atoms with E-state index in [4.69, 9.17) is 0 Å². The van der Waals surface area contributed by atoms with Crippen LogP contribution in [0.3, 0.4) is 0 Å². The summed E-state index contributed by atoms with van der Waals surface area (Å²) in [5.74, 6) is 0. The van der Waals surface area contributed by atoms with Gasteiger partial charge >= 0.3 is 0 Å². The molecule has 0 amide bonds. The quantitative estimate of drug-likeness (QED) is 0.591. The van der Waals surface area contributed by atoms with Crippen molar-refractivity contribution in [1.82, 2.24) is 9.78 Å². The minimum Gasteiger partial charge on any atom is -0.366 e. The van der Waals surface area contributed by atoms with Crippen LogP contribution in [0.1, 0.15) is 5.69 Å². The van der Waals surface area contributed by atoms with Crippen molar-refractivity contribution in [1.29, 1.82) is 0 Å². The first kappa shape index (κ1) is 14.7. The third-order valence-electron chi connectivity index (χ3n) is 3.54. The number of anilines is 1. The zero-order valence-corrected chi connectivity index (χ0v) is 12.4. The van der Waals surface area contributed by atoms with Crippen LogP contribution < -0.4 is 10.7 Å². The smallest absolute Gasteiger partial charge is 0.269 e. The van der Waals surface area contributed by atoms with Gasteiger partial charge in [0, 0.05) is 23.2 Å². The normalized spacial score (nSPS) is 10.7. The second-order valence-corrected chi connectivity index (χ2v) is 5.07. The Hall–Kier alpha value is -3.22. The first-order chi connectivity index (χ1) is 11.1. The molecule has 0 spiro atoms. The topological polar surface area (TPSA) is 90.1 Å². The lowest BCUT2D eigenvalue weighted by Gasteiger charge is -2.06. The highest BCUT2D eigenvalue weighted by Crippen LogP contribution is 2.17. The summed E-state index contributed by atoms with van der Waals surface area (Å²) in [5, 5.41) is 18.9. The van der Waals surface area contributed by atoms with Crippen molar-refractivity contribution in [3.63, 3.8) is 0 Å². The van der Waals surface area contributed by atoms with E-state index in [1.807, 2.05) is 19.1 Å². The summed E-state index contributed by atoms with van der Waals surface area (Å²) in [4.78, 5) is 22.4. The van der Waals surface area contributed by atoms with Crippen molar-refractivity contribution in [3.8, 4) is 0 Å². The minimum atomic E-state index is -0.447. The molecule has 0 atom stereocenters. The second kappa shape index (κ2) is 5.88. The molecule has 1 N–H and O–H groups in total. The van der Waals surface area contributed by atoms with Crippen LogP contribution >= 0.6 is 0 Å². The van der Waals surface area contributed by atoms with Crippen LogP contribution in [0.2, 0.25) is 0 Å². The van der Waals surface area contributed by atoms with Crippen molar-refractivity contribution >= 4 is 22.3 Å². The lowest BCUT2D eigenvalue weighted by molar-refractivity contribution is -0.384. The number of nitrogens with zero attached hydrogens (tertiary/aromatic N) is 3. The van der Waals surface area contributed by atoms with E-state index in [1.54, 1.807) is 22.9 Å². The molecule has 0 bridgehead atoms. The standard InChI is InChI=1S/C16H14N4O3/c1-11-14-4-2-3-5-15(21)16(14)19(18-11)10-17-12-6-8-13(9-7-12)20(22)23/h2-9,17H,10H2,1H3. The lowest BCUT2D eigenvalue weighted by Crippen LogP contribution is -2.13. The number of aryl methyl sites for hydroxylation is 1. The molecular weight excluding hydrogens is 296 g/mol. The summed E-state index contributed by atoms with van der Waals surface area (Å²) in [5.41, 5.74) is 1.95. The van der Waals surface area contributed by atoms with Gasteiger partial charge in [0.25, 0.3) is 5.69 Å². The van der Waals surface area contributed by atoms with Gasteiger partial charge in [0.05, 0.1) is 10.6 Å². The van der Waals surface area contributed by atoms with Crippen LogP contribution in [0.25, 0.3) is 10.9 Å². The SMILES string of the molecule is Cc1nn(CNc2ccc([N+](=O)[O-])cc2)c2c(=O)ccccc12. The van der Waals surface area contributed by atoms with Gasteiger partial charge in [0.1, 0.15) is 12.2 Å². The average molecular weight is 310 g/mol. The monoisotopic (exact) mass is 310 g/mol. The summed E-state index contributed by atoms with van der Waals surface area (Å²) in [6.07, 6.45) is 0. The van der Waals surface area contributed by atoms with Gasteiger partial charge < -0.3 is 5.32 Å². The molecule has 1 heterocycles. The number of nitro groups is 1. The fourth-order valence-corrected chi connectivity index (χ4v) is 2.41. The molecule has 7 nitrogen and oxygen atoms in total. The van der Waals surface area contributed by atoms with E-state index in [2.05, 4.69) is 10.4 Å². The van der Waals surface area contributed by atoms with Gasteiger partial charge in [-0.1, -0.05) is 18.2 Å². The number of fused-ring (bicyclic) bond motifs is 1. The molecular formula is C16H14N4O3. The molecule has 2 aromatic carbocycles. The van der Waals surface area contributed by atoms with Gasteiger partial charge in [-0.05, 0) is 25.1 Å². The van der Waals surface area contributed by atoms with Gasteiger partial charge in [-0.2, -0.15) is 5.10 Å². The highest BCUT2D eigenvalue weighted by atomic mass is 16.6. The van der Waals surface area contributed by atoms with E-state index in [0.29, 0.717) is 17.9 Å². The van der Waals surface area contributed by atoms with Gasteiger partial charge in [-0.3, -0.25) is 14.9 Å². The maximum Gasteiger partial charge on any atom is 0.269 e. The predicted octanol–water partition coefficient (Wildman–Crippen LogP) is 2.68. The van der Waals surface area contributed by atoms with Gasteiger partial charge in [-0.25, -0.2) is 4.68 Å². The van der Waals surface area contributed by atoms with Crippen molar-refractivity contribution in [2.24, 2.45) is 0 Å². The number of nitro benzene ring substituents is 1. The van der Waals surface area contributed by atoms with E-state index >= 15 is 0 Å². The Balaban J connectivity index is 1.89. The largest absolute Gasteiger partial charge is 0.366 e. The van der Waals surface area contributed by atoms with Gasteiger partial charge in [-0.15, -0.1) is 0 Å². The van der Waals surface area contributed by atoms with E-state index in [1.165, 1.54) is 18.2 Å². The van der Waals surface area contributed by atoms with Crippen molar-refractivity contribution in [3.05, 3.63) is 74.6 Å². The Morgan fingerprint density at radius 2 is 1.87 bits per heavy atom. The number of aromatic nitrogens is 2. The van der Waals surface area contributed by atoms with E-state index in [9.17, 15) is 14.9 Å². The molecule has 7 heteroatoms. The van der Waals surface area contributed by atoms with Crippen molar-refractivity contribution in [2.45, 2.75) is 13.6 Å². The average Bonchev–Trinajstić information content (AvgIpc) is 2.72. The Bertz CT molecular complexity index is 932. The number of hydrogen-bond donors (Lipinski definition) is 1. The molecule has 0 aliphatic heterocycles. The van der Waals surface area contributed by atoms with Gasteiger partial charge in [0.2, 0.25) is 5.43 Å². The molecule has 3 rings (SSSR count). The number of benzene rings is 1. The minimum absolute atomic E-state index is 0.0322. The number of hydrogen-bond acceptors (Lipinski definition) is 5. The highest BCUT2D eigenvalue weighted by Gasteiger charge is 2.09. The molecule has 0 radical (unpaired) electrons. The Morgan fingerprint density at radius 1 is 1.17 bits per heavy atom. The molecule has 0 aliphatic carbocycles. The summed E-state index contributed by atoms with van der Waals surface area (Å²) in [6.45, 7) is 2.14.